The highest BCUT2D eigenvalue weighted by atomic mass is 35.5. The Kier molecular flexibility index (Phi) is 4.77. The summed E-state index contributed by atoms with van der Waals surface area (Å²) in [6.07, 6.45) is 0. The van der Waals surface area contributed by atoms with Gasteiger partial charge in [-0.25, -0.2) is 4.39 Å². The molecule has 100 valence electrons. The Hall–Kier alpha value is -1.58. The van der Waals surface area contributed by atoms with E-state index in [1.165, 1.54) is 6.07 Å². The van der Waals surface area contributed by atoms with Crippen LogP contribution in [0.3, 0.4) is 0 Å². The van der Waals surface area contributed by atoms with Gasteiger partial charge in [-0.1, -0.05) is 29.8 Å². The molecule has 2 aromatic carbocycles. The summed E-state index contributed by atoms with van der Waals surface area (Å²) >= 11 is 5.87. The van der Waals surface area contributed by atoms with Crippen LogP contribution in [0.15, 0.2) is 42.5 Å². The predicted molar refractivity (Wildman–Crippen MR) is 75.9 cm³/mol. The van der Waals surface area contributed by atoms with Crippen LogP contribution in [-0.4, -0.2) is 7.11 Å². The van der Waals surface area contributed by atoms with Gasteiger partial charge in [-0.2, -0.15) is 0 Å². The minimum Gasteiger partial charge on any atom is -0.381 e. The molecule has 0 aromatic heterocycles. The topological polar surface area (TPSA) is 21.3 Å². The Bertz CT molecular complexity index is 560. The molecule has 0 atom stereocenters. The van der Waals surface area contributed by atoms with Crippen molar-refractivity contribution in [1.29, 1.82) is 0 Å². The normalized spacial score (nSPS) is 10.5. The summed E-state index contributed by atoms with van der Waals surface area (Å²) in [5.74, 6) is -0.263. The number of ether oxygens (including phenoxy) is 1. The van der Waals surface area contributed by atoms with E-state index in [1.807, 2.05) is 24.3 Å². The molecule has 2 aromatic rings. The average Bonchev–Trinajstić information content (AvgIpc) is 2.42. The van der Waals surface area contributed by atoms with Crippen molar-refractivity contribution in [1.82, 2.24) is 0 Å². The van der Waals surface area contributed by atoms with Crippen molar-refractivity contribution < 1.29 is 9.13 Å². The minimum atomic E-state index is -0.263. The van der Waals surface area contributed by atoms with E-state index in [4.69, 9.17) is 16.3 Å². The number of halogens is 2. The van der Waals surface area contributed by atoms with Crippen molar-refractivity contribution in [2.75, 3.05) is 12.4 Å². The molecule has 0 saturated carbocycles. The number of anilines is 1. The summed E-state index contributed by atoms with van der Waals surface area (Å²) in [5.41, 5.74) is 2.51. The fourth-order valence-corrected chi connectivity index (χ4v) is 2.04. The van der Waals surface area contributed by atoms with Crippen LogP contribution < -0.4 is 5.32 Å². The minimum absolute atomic E-state index is 0.263. The van der Waals surface area contributed by atoms with Gasteiger partial charge in [0.05, 0.1) is 6.61 Å². The predicted octanol–water partition coefficient (Wildman–Crippen LogP) is 4.24. The number of methoxy groups -OCH3 is 1. The van der Waals surface area contributed by atoms with Crippen molar-refractivity contribution in [3.63, 3.8) is 0 Å². The fraction of sp³-hybridized carbons (Fsp3) is 0.200. The van der Waals surface area contributed by atoms with Gasteiger partial charge in [0.1, 0.15) is 5.82 Å². The lowest BCUT2D eigenvalue weighted by atomic mass is 10.1. The van der Waals surface area contributed by atoms with E-state index in [0.717, 1.165) is 11.3 Å². The van der Waals surface area contributed by atoms with E-state index < -0.39 is 0 Å². The molecule has 0 bridgehead atoms. The van der Waals surface area contributed by atoms with Crippen molar-refractivity contribution in [3.8, 4) is 0 Å². The van der Waals surface area contributed by atoms with Gasteiger partial charge in [0.2, 0.25) is 0 Å². The van der Waals surface area contributed by atoms with Crippen LogP contribution in [0.25, 0.3) is 0 Å². The number of hydrogen-bond donors (Lipinski definition) is 1. The van der Waals surface area contributed by atoms with E-state index in [9.17, 15) is 4.39 Å². The summed E-state index contributed by atoms with van der Waals surface area (Å²) in [4.78, 5) is 0. The van der Waals surface area contributed by atoms with Gasteiger partial charge in [-0.15, -0.1) is 0 Å². The zero-order chi connectivity index (χ0) is 13.7. The summed E-state index contributed by atoms with van der Waals surface area (Å²) in [6, 6.07) is 12.3. The van der Waals surface area contributed by atoms with Gasteiger partial charge in [0.25, 0.3) is 0 Å². The molecule has 0 amide bonds. The molecule has 0 unspecified atom stereocenters. The van der Waals surface area contributed by atoms with Gasteiger partial charge >= 0.3 is 0 Å². The van der Waals surface area contributed by atoms with Crippen molar-refractivity contribution in [2.24, 2.45) is 0 Å². The number of para-hydroxylation sites is 1. The maximum atomic E-state index is 13.6. The lowest BCUT2D eigenvalue weighted by Crippen LogP contribution is -2.04. The molecule has 4 heteroatoms. The number of nitrogens with one attached hydrogen (secondary N) is 1. The third-order valence-corrected chi connectivity index (χ3v) is 3.03. The first kappa shape index (κ1) is 13.8. The highest BCUT2D eigenvalue weighted by Gasteiger charge is 2.05. The molecule has 0 fully saturated rings. The lowest BCUT2D eigenvalue weighted by Gasteiger charge is -2.12. The Morgan fingerprint density at radius 1 is 1.16 bits per heavy atom. The second kappa shape index (κ2) is 6.55. The quantitative estimate of drug-likeness (QED) is 0.884. The Labute approximate surface area is 117 Å². The van der Waals surface area contributed by atoms with Crippen molar-refractivity contribution in [2.45, 2.75) is 13.2 Å². The third kappa shape index (κ3) is 3.69. The summed E-state index contributed by atoms with van der Waals surface area (Å²) in [6.45, 7) is 0.897. The zero-order valence-corrected chi connectivity index (χ0v) is 11.4. The van der Waals surface area contributed by atoms with Crippen LogP contribution in [0.5, 0.6) is 0 Å². The number of benzene rings is 2. The molecule has 0 spiro atoms. The SMILES string of the molecule is COCc1ccccc1NCc1cc(Cl)ccc1F. The van der Waals surface area contributed by atoms with Crippen LogP contribution in [0.2, 0.25) is 5.02 Å². The maximum Gasteiger partial charge on any atom is 0.128 e. The van der Waals surface area contributed by atoms with E-state index in [1.54, 1.807) is 19.2 Å². The highest BCUT2D eigenvalue weighted by Crippen LogP contribution is 2.19. The fourth-order valence-electron chi connectivity index (χ4n) is 1.84. The molecular formula is C15H15ClFNO. The zero-order valence-electron chi connectivity index (χ0n) is 10.6. The molecule has 2 nitrogen and oxygen atoms in total. The van der Waals surface area contributed by atoms with Crippen LogP contribution in [-0.2, 0) is 17.9 Å². The van der Waals surface area contributed by atoms with Crippen LogP contribution >= 0.6 is 11.6 Å². The Balaban J connectivity index is 2.12. The molecule has 2 rings (SSSR count). The maximum absolute atomic E-state index is 13.6. The monoisotopic (exact) mass is 279 g/mol. The second-order valence-electron chi connectivity index (χ2n) is 4.18. The molecule has 0 aliphatic rings. The molecule has 19 heavy (non-hydrogen) atoms. The first-order valence-corrected chi connectivity index (χ1v) is 6.33. The van der Waals surface area contributed by atoms with Gasteiger partial charge in [-0.3, -0.25) is 0 Å². The van der Waals surface area contributed by atoms with Crippen molar-refractivity contribution in [3.05, 3.63) is 64.4 Å². The summed E-state index contributed by atoms with van der Waals surface area (Å²) in [5, 5.41) is 3.73. The number of hydrogen-bond acceptors (Lipinski definition) is 2. The standard InChI is InChI=1S/C15H15ClFNO/c1-19-10-11-4-2-3-5-15(11)18-9-12-8-13(16)6-7-14(12)17/h2-8,18H,9-10H2,1H3. The lowest BCUT2D eigenvalue weighted by molar-refractivity contribution is 0.185. The smallest absolute Gasteiger partial charge is 0.128 e. The summed E-state index contributed by atoms with van der Waals surface area (Å²) < 4.78 is 18.7. The van der Waals surface area contributed by atoms with Gasteiger partial charge in [-0.05, 0) is 24.3 Å². The van der Waals surface area contributed by atoms with Crippen LogP contribution in [0.4, 0.5) is 10.1 Å². The molecule has 0 saturated heterocycles. The van der Waals surface area contributed by atoms with E-state index >= 15 is 0 Å². The van der Waals surface area contributed by atoms with Crippen LogP contribution in [0.1, 0.15) is 11.1 Å². The molecule has 1 N–H and O–H groups in total. The second-order valence-corrected chi connectivity index (χ2v) is 4.62. The first-order valence-electron chi connectivity index (χ1n) is 5.95. The van der Waals surface area contributed by atoms with Gasteiger partial charge in [0.15, 0.2) is 0 Å². The van der Waals surface area contributed by atoms with Crippen LogP contribution in [0, 0.1) is 5.82 Å². The molecule has 0 aliphatic heterocycles. The van der Waals surface area contributed by atoms with Gasteiger partial charge < -0.3 is 10.1 Å². The molecule has 0 heterocycles. The van der Waals surface area contributed by atoms with E-state index in [0.29, 0.717) is 23.7 Å². The average molecular weight is 280 g/mol. The Morgan fingerprint density at radius 2 is 1.95 bits per heavy atom. The first-order chi connectivity index (χ1) is 9.20. The molecule has 0 aliphatic carbocycles. The number of rotatable bonds is 5. The summed E-state index contributed by atoms with van der Waals surface area (Å²) in [7, 11) is 1.65. The Morgan fingerprint density at radius 3 is 2.74 bits per heavy atom. The van der Waals surface area contributed by atoms with E-state index in [2.05, 4.69) is 5.32 Å². The highest BCUT2D eigenvalue weighted by molar-refractivity contribution is 6.30. The van der Waals surface area contributed by atoms with Gasteiger partial charge in [0, 0.05) is 35.5 Å². The molecule has 0 radical (unpaired) electrons. The van der Waals surface area contributed by atoms with Crippen molar-refractivity contribution >= 4 is 17.3 Å². The molecular weight excluding hydrogens is 265 g/mol. The largest absolute Gasteiger partial charge is 0.381 e. The third-order valence-electron chi connectivity index (χ3n) is 2.79. The van der Waals surface area contributed by atoms with E-state index in [-0.39, 0.29) is 5.82 Å².